The lowest BCUT2D eigenvalue weighted by Gasteiger charge is -2.17. The maximum absolute atomic E-state index is 13.1. The van der Waals surface area contributed by atoms with Gasteiger partial charge >= 0.3 is 17.8 Å². The van der Waals surface area contributed by atoms with E-state index in [0.717, 1.165) is 19.0 Å². The quantitative estimate of drug-likeness (QED) is 0.434. The lowest BCUT2D eigenvalue weighted by atomic mass is 10.1. The minimum absolute atomic E-state index is 0.0779. The Morgan fingerprint density at radius 3 is 2.31 bits per heavy atom. The van der Waals surface area contributed by atoms with Crippen LogP contribution in [0.2, 0.25) is 0 Å². The Bertz CT molecular complexity index is 1360. The molecule has 0 amide bonds. The Kier molecular flexibility index (Phi) is 7.91. The molecular weight excluding hydrogens is 481 g/mol. The summed E-state index contributed by atoms with van der Waals surface area (Å²) in [5.74, 6) is 0.315. The van der Waals surface area contributed by atoms with Gasteiger partial charge in [-0.3, -0.25) is 9.36 Å². The first-order valence-electron chi connectivity index (χ1n) is 11.0. The molecular formula is C25H25F3N2O6. The van der Waals surface area contributed by atoms with Crippen LogP contribution in [0.1, 0.15) is 30.7 Å². The van der Waals surface area contributed by atoms with Gasteiger partial charge in [0.25, 0.3) is 5.56 Å². The number of esters is 1. The summed E-state index contributed by atoms with van der Waals surface area (Å²) in [4.78, 5) is 36.5. The largest absolute Gasteiger partial charge is 0.489 e. The zero-order chi connectivity index (χ0) is 26.6. The van der Waals surface area contributed by atoms with Crippen LogP contribution in [0.3, 0.4) is 0 Å². The third-order valence-corrected chi connectivity index (χ3v) is 5.48. The van der Waals surface area contributed by atoms with Gasteiger partial charge in [0.2, 0.25) is 0 Å². The fraction of sp³-hybridized carbons (Fsp3) is 0.320. The molecule has 0 saturated heterocycles. The lowest BCUT2D eigenvalue weighted by molar-refractivity contribution is -0.148. The highest BCUT2D eigenvalue weighted by Gasteiger charge is 2.35. The van der Waals surface area contributed by atoms with Crippen LogP contribution in [0, 0.1) is 0 Å². The summed E-state index contributed by atoms with van der Waals surface area (Å²) in [5.41, 5.74) is -1.80. The number of benzene rings is 2. The molecule has 8 nitrogen and oxygen atoms in total. The fourth-order valence-corrected chi connectivity index (χ4v) is 3.44. The van der Waals surface area contributed by atoms with Crippen molar-refractivity contribution in [2.24, 2.45) is 7.05 Å². The third-order valence-electron chi connectivity index (χ3n) is 5.48. The molecule has 1 heterocycles. The topological polar surface area (TPSA) is 88.8 Å². The maximum atomic E-state index is 13.1. The third kappa shape index (κ3) is 5.78. The molecule has 0 aliphatic rings. The number of hydrogen-bond donors (Lipinski definition) is 0. The smallest absolute Gasteiger partial charge is 0.431 e. The summed E-state index contributed by atoms with van der Waals surface area (Å²) in [6.07, 6.45) is -4.91. The van der Waals surface area contributed by atoms with Gasteiger partial charge in [-0.2, -0.15) is 13.2 Å². The highest BCUT2D eigenvalue weighted by atomic mass is 19.4. The number of rotatable bonds is 8. The van der Waals surface area contributed by atoms with E-state index in [0.29, 0.717) is 32.3 Å². The van der Waals surface area contributed by atoms with Crippen LogP contribution in [0.25, 0.3) is 5.69 Å². The molecule has 3 aromatic rings. The molecule has 192 valence electrons. The van der Waals surface area contributed by atoms with Crippen molar-refractivity contribution < 1.29 is 32.2 Å². The molecule has 0 N–H and O–H groups in total. The number of carbonyl (C=O) groups excluding carboxylic acids is 1. The minimum atomic E-state index is -4.84. The van der Waals surface area contributed by atoms with Crippen molar-refractivity contribution in [1.29, 1.82) is 0 Å². The molecule has 1 aromatic heterocycles. The molecule has 0 unspecified atom stereocenters. The molecule has 0 saturated carbocycles. The second-order valence-corrected chi connectivity index (χ2v) is 7.90. The molecule has 3 rings (SSSR count). The first-order chi connectivity index (χ1) is 17.0. The van der Waals surface area contributed by atoms with Crippen LogP contribution in [-0.4, -0.2) is 28.3 Å². The van der Waals surface area contributed by atoms with Crippen molar-refractivity contribution >= 4 is 5.97 Å². The second kappa shape index (κ2) is 10.7. The molecule has 1 atom stereocenters. The summed E-state index contributed by atoms with van der Waals surface area (Å²) in [7, 11) is 2.22. The number of methoxy groups -OCH3 is 1. The van der Waals surface area contributed by atoms with E-state index in [-0.39, 0.29) is 12.3 Å². The van der Waals surface area contributed by atoms with E-state index in [2.05, 4.69) is 0 Å². The number of aryl methyl sites for hydroxylation is 1. The van der Waals surface area contributed by atoms with E-state index in [1.807, 2.05) is 25.1 Å². The van der Waals surface area contributed by atoms with Crippen LogP contribution in [0.4, 0.5) is 13.2 Å². The molecule has 0 bridgehead atoms. The highest BCUT2D eigenvalue weighted by Crippen LogP contribution is 2.27. The number of halogens is 3. The van der Waals surface area contributed by atoms with Crippen molar-refractivity contribution in [3.05, 3.63) is 86.2 Å². The molecule has 36 heavy (non-hydrogen) atoms. The summed E-state index contributed by atoms with van der Waals surface area (Å²) in [6.45, 7) is 3.63. The standard InChI is InChI=1S/C25H25F3N2O6/c1-5-16-6-7-17(20(12-16)36-15(2)23(32)34-4)14-35-19-10-8-18(9-11-19)30-22(31)13-21(25(26,27)28)29(3)24(30)33/h6-13,15H,5,14H2,1-4H3/t15-/m0/s1. The summed E-state index contributed by atoms with van der Waals surface area (Å²) in [5, 5.41) is 0. The number of carbonyl (C=O) groups is 1. The Morgan fingerprint density at radius 1 is 1.06 bits per heavy atom. The van der Waals surface area contributed by atoms with Gasteiger partial charge in [-0.25, -0.2) is 14.2 Å². The van der Waals surface area contributed by atoms with Gasteiger partial charge in [-0.15, -0.1) is 0 Å². The summed E-state index contributed by atoms with van der Waals surface area (Å²) < 4.78 is 56.5. The van der Waals surface area contributed by atoms with Crippen molar-refractivity contribution in [2.45, 2.75) is 39.2 Å². The normalized spacial score (nSPS) is 12.2. The average Bonchev–Trinajstić information content (AvgIpc) is 2.84. The van der Waals surface area contributed by atoms with Gasteiger partial charge in [-0.05, 0) is 49.2 Å². The van der Waals surface area contributed by atoms with Crippen LogP contribution in [0.5, 0.6) is 11.5 Å². The molecule has 0 fully saturated rings. The monoisotopic (exact) mass is 506 g/mol. The SMILES string of the molecule is CCc1ccc(COc2ccc(-n3c(=O)cc(C(F)(F)F)n(C)c3=O)cc2)c(O[C@@H](C)C(=O)OC)c1. The predicted molar refractivity (Wildman–Crippen MR) is 125 cm³/mol. The first-order valence-corrected chi connectivity index (χ1v) is 11.0. The zero-order valence-corrected chi connectivity index (χ0v) is 20.1. The second-order valence-electron chi connectivity index (χ2n) is 7.90. The van der Waals surface area contributed by atoms with E-state index >= 15 is 0 Å². The van der Waals surface area contributed by atoms with Gasteiger partial charge in [0, 0.05) is 18.7 Å². The fourth-order valence-electron chi connectivity index (χ4n) is 3.44. The molecule has 11 heteroatoms. The van der Waals surface area contributed by atoms with Gasteiger partial charge in [0.1, 0.15) is 23.8 Å². The predicted octanol–water partition coefficient (Wildman–Crippen LogP) is 3.64. The molecule has 0 spiro atoms. The average molecular weight is 506 g/mol. The lowest BCUT2D eigenvalue weighted by Crippen LogP contribution is -2.40. The van der Waals surface area contributed by atoms with Crippen molar-refractivity contribution in [1.82, 2.24) is 9.13 Å². The van der Waals surface area contributed by atoms with Gasteiger partial charge in [0.15, 0.2) is 6.10 Å². The van der Waals surface area contributed by atoms with E-state index in [1.165, 1.54) is 31.4 Å². The van der Waals surface area contributed by atoms with Crippen LogP contribution < -0.4 is 20.7 Å². The number of nitrogens with zero attached hydrogens (tertiary/aromatic N) is 2. The van der Waals surface area contributed by atoms with Crippen LogP contribution >= 0.6 is 0 Å². The summed E-state index contributed by atoms with van der Waals surface area (Å²) >= 11 is 0. The van der Waals surface area contributed by atoms with Crippen LogP contribution in [0.15, 0.2) is 58.1 Å². The van der Waals surface area contributed by atoms with Gasteiger partial charge in [0.05, 0.1) is 12.8 Å². The maximum Gasteiger partial charge on any atom is 0.431 e. The molecule has 0 aliphatic carbocycles. The Labute approximate surface area is 204 Å². The van der Waals surface area contributed by atoms with E-state index in [4.69, 9.17) is 14.2 Å². The Balaban J connectivity index is 1.82. The Morgan fingerprint density at radius 2 is 1.72 bits per heavy atom. The molecule has 2 aromatic carbocycles. The van der Waals surface area contributed by atoms with Crippen molar-refractivity contribution in [3.8, 4) is 17.2 Å². The number of ether oxygens (including phenoxy) is 3. The number of hydrogen-bond acceptors (Lipinski definition) is 6. The number of alkyl halides is 3. The molecule has 0 radical (unpaired) electrons. The molecule has 0 aliphatic heterocycles. The van der Waals surface area contributed by atoms with E-state index < -0.39 is 35.2 Å². The Hall–Kier alpha value is -4.02. The summed E-state index contributed by atoms with van der Waals surface area (Å²) in [6, 6.07) is 11.7. The van der Waals surface area contributed by atoms with E-state index in [1.54, 1.807) is 6.92 Å². The van der Waals surface area contributed by atoms with Crippen molar-refractivity contribution in [3.63, 3.8) is 0 Å². The van der Waals surface area contributed by atoms with Crippen molar-refractivity contribution in [2.75, 3.05) is 7.11 Å². The minimum Gasteiger partial charge on any atom is -0.489 e. The van der Waals surface area contributed by atoms with Gasteiger partial charge in [-0.1, -0.05) is 19.1 Å². The number of aromatic nitrogens is 2. The van der Waals surface area contributed by atoms with Gasteiger partial charge < -0.3 is 14.2 Å². The zero-order valence-electron chi connectivity index (χ0n) is 20.1. The highest BCUT2D eigenvalue weighted by molar-refractivity contribution is 5.74. The van der Waals surface area contributed by atoms with E-state index in [9.17, 15) is 27.6 Å². The first kappa shape index (κ1) is 26.6. The van der Waals surface area contributed by atoms with Crippen LogP contribution in [-0.2, 0) is 35.8 Å².